The van der Waals surface area contributed by atoms with Crippen LogP contribution in [0, 0.1) is 10.1 Å². The molecule has 0 saturated heterocycles. The maximum absolute atomic E-state index is 12.0. The summed E-state index contributed by atoms with van der Waals surface area (Å²) >= 11 is 5.78. The number of benzene rings is 2. The number of amidine groups is 1. The van der Waals surface area contributed by atoms with E-state index in [0.717, 1.165) is 0 Å². The molecule has 0 fully saturated rings. The van der Waals surface area contributed by atoms with Crippen LogP contribution < -0.4 is 5.73 Å². The van der Waals surface area contributed by atoms with E-state index in [-0.39, 0.29) is 11.5 Å². The molecule has 0 aliphatic heterocycles. The molecule has 0 aromatic heterocycles. The van der Waals surface area contributed by atoms with Crippen molar-refractivity contribution in [2.75, 3.05) is 0 Å². The summed E-state index contributed by atoms with van der Waals surface area (Å²) in [5.74, 6) is -1.23. The number of hydrogen-bond acceptors (Lipinski definition) is 5. The minimum Gasteiger partial charge on any atom is -0.380 e. The summed E-state index contributed by atoms with van der Waals surface area (Å²) in [7, 11) is 0. The fraction of sp³-hybridized carbons (Fsp3) is 0.125. The van der Waals surface area contributed by atoms with Gasteiger partial charge in [0.25, 0.3) is 5.69 Å². The fourth-order valence-electron chi connectivity index (χ4n) is 1.87. The lowest BCUT2D eigenvalue weighted by Gasteiger charge is -2.08. The molecule has 0 bridgehead atoms. The largest absolute Gasteiger partial charge is 0.380 e. The van der Waals surface area contributed by atoms with Gasteiger partial charge in [0.1, 0.15) is 0 Å². The number of oxime groups is 1. The highest BCUT2D eigenvalue weighted by Crippen LogP contribution is 2.20. The lowest BCUT2D eigenvalue weighted by molar-refractivity contribution is -0.384. The van der Waals surface area contributed by atoms with Crippen LogP contribution in [0.25, 0.3) is 0 Å². The Hall–Kier alpha value is -2.93. The fourth-order valence-corrected chi connectivity index (χ4v) is 1.99. The molecule has 0 saturated carbocycles. The quantitative estimate of drug-likeness (QED) is 0.294. The Labute approximate surface area is 142 Å². The Morgan fingerprint density at radius 1 is 1.21 bits per heavy atom. The smallest absolute Gasteiger partial charge is 0.342 e. The molecule has 2 aromatic rings. The molecule has 2 rings (SSSR count). The molecule has 7 nitrogen and oxygen atoms in total. The zero-order valence-electron chi connectivity index (χ0n) is 12.7. The van der Waals surface area contributed by atoms with Gasteiger partial charge in [0, 0.05) is 22.7 Å². The van der Waals surface area contributed by atoms with Crippen molar-refractivity contribution in [3.63, 3.8) is 0 Å². The molecule has 24 heavy (non-hydrogen) atoms. The van der Waals surface area contributed by atoms with Crippen molar-refractivity contribution in [2.24, 2.45) is 10.9 Å². The lowest BCUT2D eigenvalue weighted by Crippen LogP contribution is -2.17. The van der Waals surface area contributed by atoms with Gasteiger partial charge in [-0.1, -0.05) is 28.9 Å². The number of halogens is 1. The molecule has 0 heterocycles. The first kappa shape index (κ1) is 17.4. The zero-order valence-corrected chi connectivity index (χ0v) is 13.4. The average Bonchev–Trinajstić information content (AvgIpc) is 2.59. The third-order valence-corrected chi connectivity index (χ3v) is 3.58. The van der Waals surface area contributed by atoms with Gasteiger partial charge in [-0.15, -0.1) is 0 Å². The summed E-state index contributed by atoms with van der Waals surface area (Å²) in [6.45, 7) is 1.61. The van der Waals surface area contributed by atoms with Crippen LogP contribution in [0.4, 0.5) is 5.69 Å². The number of rotatable bonds is 5. The summed E-state index contributed by atoms with van der Waals surface area (Å²) in [4.78, 5) is 27.0. The number of nitro groups is 1. The van der Waals surface area contributed by atoms with Crippen LogP contribution in [0.5, 0.6) is 0 Å². The number of nitro benzene ring substituents is 1. The third kappa shape index (κ3) is 4.30. The van der Waals surface area contributed by atoms with Gasteiger partial charge in [-0.2, -0.15) is 0 Å². The summed E-state index contributed by atoms with van der Waals surface area (Å²) in [6, 6.07) is 12.2. The molecular weight excluding hydrogens is 334 g/mol. The standard InChI is InChI=1S/C16H14ClN3O4/c1-10(11-4-8-14(9-5-11)20(22)23)16(21)24-19-15(18)12-2-6-13(17)7-3-12/h2-10H,1H3,(H2,18,19). The van der Waals surface area contributed by atoms with Crippen molar-refractivity contribution in [1.29, 1.82) is 0 Å². The van der Waals surface area contributed by atoms with Gasteiger partial charge < -0.3 is 10.6 Å². The van der Waals surface area contributed by atoms with E-state index in [1.165, 1.54) is 24.3 Å². The predicted molar refractivity (Wildman–Crippen MR) is 89.8 cm³/mol. The van der Waals surface area contributed by atoms with E-state index in [2.05, 4.69) is 5.16 Å². The van der Waals surface area contributed by atoms with Crippen LogP contribution in [0.3, 0.4) is 0 Å². The van der Waals surface area contributed by atoms with E-state index in [1.807, 2.05) is 0 Å². The summed E-state index contributed by atoms with van der Waals surface area (Å²) < 4.78 is 0. The molecule has 0 spiro atoms. The second kappa shape index (κ2) is 7.56. The number of non-ortho nitro benzene ring substituents is 1. The van der Waals surface area contributed by atoms with Gasteiger partial charge in [0.15, 0.2) is 5.84 Å². The Bertz CT molecular complexity index is 773. The highest BCUT2D eigenvalue weighted by Gasteiger charge is 2.18. The Balaban J connectivity index is 2.04. The average molecular weight is 348 g/mol. The molecule has 0 aliphatic rings. The molecule has 0 radical (unpaired) electrons. The molecular formula is C16H14ClN3O4. The van der Waals surface area contributed by atoms with Gasteiger partial charge in [0.05, 0.1) is 10.8 Å². The molecule has 2 aromatic carbocycles. The Morgan fingerprint density at radius 2 is 1.79 bits per heavy atom. The van der Waals surface area contributed by atoms with Crippen molar-refractivity contribution >= 4 is 29.1 Å². The first-order chi connectivity index (χ1) is 11.4. The van der Waals surface area contributed by atoms with Crippen molar-refractivity contribution in [3.05, 3.63) is 74.8 Å². The van der Waals surface area contributed by atoms with Crippen molar-refractivity contribution in [3.8, 4) is 0 Å². The molecule has 1 atom stereocenters. The van der Waals surface area contributed by atoms with Crippen molar-refractivity contribution in [2.45, 2.75) is 12.8 Å². The monoisotopic (exact) mass is 347 g/mol. The Kier molecular flexibility index (Phi) is 5.49. The predicted octanol–water partition coefficient (Wildman–Crippen LogP) is 3.22. The van der Waals surface area contributed by atoms with Crippen LogP contribution >= 0.6 is 11.6 Å². The third-order valence-electron chi connectivity index (χ3n) is 3.33. The SMILES string of the molecule is CC(C(=O)O/N=C(\N)c1ccc(Cl)cc1)c1ccc([N+](=O)[O-])cc1. The van der Waals surface area contributed by atoms with Gasteiger partial charge in [-0.25, -0.2) is 4.79 Å². The zero-order chi connectivity index (χ0) is 17.7. The maximum atomic E-state index is 12.0. The van der Waals surface area contributed by atoms with E-state index in [1.54, 1.807) is 31.2 Å². The highest BCUT2D eigenvalue weighted by molar-refractivity contribution is 6.30. The second-order valence-electron chi connectivity index (χ2n) is 4.96. The van der Waals surface area contributed by atoms with Crippen LogP contribution in [-0.4, -0.2) is 16.7 Å². The number of nitrogens with zero attached hydrogens (tertiary/aromatic N) is 2. The van der Waals surface area contributed by atoms with Crippen LogP contribution in [0.15, 0.2) is 53.7 Å². The molecule has 1 unspecified atom stereocenters. The number of carbonyl (C=O) groups excluding carboxylic acids is 1. The molecule has 8 heteroatoms. The number of hydrogen-bond donors (Lipinski definition) is 1. The van der Waals surface area contributed by atoms with Gasteiger partial charge in [-0.3, -0.25) is 10.1 Å². The second-order valence-corrected chi connectivity index (χ2v) is 5.40. The normalized spacial score (nSPS) is 12.5. The van der Waals surface area contributed by atoms with Crippen molar-refractivity contribution < 1.29 is 14.6 Å². The van der Waals surface area contributed by atoms with Crippen molar-refractivity contribution in [1.82, 2.24) is 0 Å². The highest BCUT2D eigenvalue weighted by atomic mass is 35.5. The molecule has 0 aliphatic carbocycles. The molecule has 0 amide bonds. The topological polar surface area (TPSA) is 108 Å². The summed E-state index contributed by atoms with van der Waals surface area (Å²) in [6.07, 6.45) is 0. The lowest BCUT2D eigenvalue weighted by atomic mass is 10.0. The Morgan fingerprint density at radius 3 is 2.33 bits per heavy atom. The van der Waals surface area contributed by atoms with E-state index in [0.29, 0.717) is 16.1 Å². The number of carbonyl (C=O) groups is 1. The van der Waals surface area contributed by atoms with Crippen LogP contribution in [0.2, 0.25) is 5.02 Å². The first-order valence-corrected chi connectivity index (χ1v) is 7.31. The van der Waals surface area contributed by atoms with Gasteiger partial charge >= 0.3 is 5.97 Å². The van der Waals surface area contributed by atoms with E-state index in [9.17, 15) is 14.9 Å². The van der Waals surface area contributed by atoms with Crippen LogP contribution in [-0.2, 0) is 9.63 Å². The number of nitrogens with two attached hydrogens (primary N) is 1. The summed E-state index contributed by atoms with van der Waals surface area (Å²) in [5.41, 5.74) is 6.83. The summed E-state index contributed by atoms with van der Waals surface area (Å²) in [5, 5.41) is 14.8. The molecule has 124 valence electrons. The minimum atomic E-state index is -0.646. The van der Waals surface area contributed by atoms with Gasteiger partial charge in [-0.05, 0) is 36.8 Å². The first-order valence-electron chi connectivity index (χ1n) is 6.93. The van der Waals surface area contributed by atoms with E-state index >= 15 is 0 Å². The minimum absolute atomic E-state index is 0.0379. The van der Waals surface area contributed by atoms with E-state index < -0.39 is 16.8 Å². The van der Waals surface area contributed by atoms with E-state index in [4.69, 9.17) is 22.2 Å². The van der Waals surface area contributed by atoms with Crippen LogP contribution in [0.1, 0.15) is 24.0 Å². The van der Waals surface area contributed by atoms with Gasteiger partial charge in [0.2, 0.25) is 0 Å². The maximum Gasteiger partial charge on any atom is 0.342 e. The molecule has 2 N–H and O–H groups in total.